The molecule has 6 nitrogen and oxygen atoms in total. The predicted molar refractivity (Wildman–Crippen MR) is 75.2 cm³/mol. The Morgan fingerprint density at radius 2 is 2.32 bits per heavy atom. The van der Waals surface area contributed by atoms with Gasteiger partial charge in [0, 0.05) is 26.7 Å². The molecule has 0 bridgehead atoms. The fourth-order valence-corrected chi connectivity index (χ4v) is 2.75. The summed E-state index contributed by atoms with van der Waals surface area (Å²) in [4.78, 5) is 10.9. The zero-order chi connectivity index (χ0) is 13.2. The molecule has 1 aliphatic heterocycles. The van der Waals surface area contributed by atoms with E-state index in [0.717, 1.165) is 29.9 Å². The highest BCUT2D eigenvalue weighted by Gasteiger charge is 2.17. The van der Waals surface area contributed by atoms with Crippen LogP contribution in [-0.4, -0.2) is 45.9 Å². The predicted octanol–water partition coefficient (Wildman–Crippen LogP) is 0.942. The van der Waals surface area contributed by atoms with Crippen LogP contribution in [0.5, 0.6) is 0 Å². The second kappa shape index (κ2) is 5.13. The summed E-state index contributed by atoms with van der Waals surface area (Å²) in [7, 11) is 3.99. The molecule has 19 heavy (non-hydrogen) atoms. The molecule has 1 fully saturated rings. The zero-order valence-electron chi connectivity index (χ0n) is 11.5. The summed E-state index contributed by atoms with van der Waals surface area (Å²) in [6, 6.07) is 0.556. The first kappa shape index (κ1) is 12.3. The zero-order valence-corrected chi connectivity index (χ0v) is 11.5. The summed E-state index contributed by atoms with van der Waals surface area (Å²) in [6.45, 7) is 2.10. The fourth-order valence-electron chi connectivity index (χ4n) is 2.75. The summed E-state index contributed by atoms with van der Waals surface area (Å²) >= 11 is 0. The van der Waals surface area contributed by atoms with E-state index in [1.165, 1.54) is 19.3 Å². The molecule has 0 spiro atoms. The van der Waals surface area contributed by atoms with Crippen LogP contribution in [0.2, 0.25) is 0 Å². The molecule has 1 unspecified atom stereocenters. The van der Waals surface area contributed by atoms with Crippen molar-refractivity contribution in [3.63, 3.8) is 0 Å². The smallest absolute Gasteiger partial charge is 0.163 e. The van der Waals surface area contributed by atoms with Gasteiger partial charge in [-0.3, -0.25) is 4.68 Å². The number of nitrogens with zero attached hydrogens (tertiary/aromatic N) is 5. The Morgan fingerprint density at radius 3 is 3.11 bits per heavy atom. The molecule has 102 valence electrons. The molecule has 3 rings (SSSR count). The van der Waals surface area contributed by atoms with Crippen molar-refractivity contribution in [1.82, 2.24) is 25.1 Å². The van der Waals surface area contributed by atoms with Crippen molar-refractivity contribution in [3.05, 3.63) is 12.5 Å². The van der Waals surface area contributed by atoms with E-state index < -0.39 is 0 Å². The lowest BCUT2D eigenvalue weighted by molar-refractivity contribution is 0.403. The average Bonchev–Trinajstić information content (AvgIpc) is 2.82. The summed E-state index contributed by atoms with van der Waals surface area (Å²) in [5.41, 5.74) is 0.883. The van der Waals surface area contributed by atoms with Gasteiger partial charge in [0.05, 0.1) is 11.6 Å². The number of anilines is 1. The van der Waals surface area contributed by atoms with Crippen molar-refractivity contribution in [2.45, 2.75) is 25.3 Å². The average molecular weight is 260 g/mol. The Hall–Kier alpha value is -1.69. The maximum absolute atomic E-state index is 4.42. The van der Waals surface area contributed by atoms with Gasteiger partial charge in [0.25, 0.3) is 0 Å². The van der Waals surface area contributed by atoms with E-state index in [0.29, 0.717) is 6.04 Å². The molecule has 1 aliphatic rings. The SMILES string of the molecule is CN(CC1CCCCN1)c1ncnc2c1cnn2C. The summed E-state index contributed by atoms with van der Waals surface area (Å²) in [5.74, 6) is 0.963. The number of likely N-dealkylation sites (N-methyl/N-ethyl adjacent to an activating group) is 1. The molecule has 0 aliphatic carbocycles. The van der Waals surface area contributed by atoms with Gasteiger partial charge < -0.3 is 10.2 Å². The minimum absolute atomic E-state index is 0.556. The number of aromatic nitrogens is 4. The normalized spacial score (nSPS) is 19.8. The monoisotopic (exact) mass is 260 g/mol. The van der Waals surface area contributed by atoms with E-state index in [2.05, 4.69) is 32.3 Å². The van der Waals surface area contributed by atoms with Crippen LogP contribution in [0.25, 0.3) is 11.0 Å². The number of aryl methyl sites for hydroxylation is 1. The maximum Gasteiger partial charge on any atom is 0.163 e. The minimum atomic E-state index is 0.556. The highest BCUT2D eigenvalue weighted by molar-refractivity contribution is 5.86. The maximum atomic E-state index is 4.42. The Kier molecular flexibility index (Phi) is 3.33. The fraction of sp³-hybridized carbons (Fsp3) is 0.615. The van der Waals surface area contributed by atoms with Crippen molar-refractivity contribution in [3.8, 4) is 0 Å². The van der Waals surface area contributed by atoms with Gasteiger partial charge in [-0.1, -0.05) is 6.42 Å². The van der Waals surface area contributed by atoms with E-state index in [1.807, 2.05) is 13.2 Å². The lowest BCUT2D eigenvalue weighted by Crippen LogP contribution is -2.42. The molecule has 2 aromatic heterocycles. The molecule has 1 N–H and O–H groups in total. The third-order valence-corrected chi connectivity index (χ3v) is 3.78. The summed E-state index contributed by atoms with van der Waals surface area (Å²) < 4.78 is 1.78. The summed E-state index contributed by atoms with van der Waals surface area (Å²) in [6.07, 6.45) is 7.31. The van der Waals surface area contributed by atoms with Gasteiger partial charge in [0.1, 0.15) is 12.1 Å². The Morgan fingerprint density at radius 1 is 1.42 bits per heavy atom. The van der Waals surface area contributed by atoms with Gasteiger partial charge >= 0.3 is 0 Å². The molecular weight excluding hydrogens is 240 g/mol. The van der Waals surface area contributed by atoms with Crippen LogP contribution >= 0.6 is 0 Å². The van der Waals surface area contributed by atoms with Crippen LogP contribution in [0.1, 0.15) is 19.3 Å². The van der Waals surface area contributed by atoms with Crippen molar-refractivity contribution in [2.24, 2.45) is 7.05 Å². The Balaban J connectivity index is 1.82. The van der Waals surface area contributed by atoms with Gasteiger partial charge in [-0.05, 0) is 19.4 Å². The molecule has 1 saturated heterocycles. The van der Waals surface area contributed by atoms with Crippen LogP contribution in [0.4, 0.5) is 5.82 Å². The highest BCUT2D eigenvalue weighted by Crippen LogP contribution is 2.21. The Labute approximate surface area is 112 Å². The van der Waals surface area contributed by atoms with Crippen molar-refractivity contribution in [2.75, 3.05) is 25.0 Å². The van der Waals surface area contributed by atoms with Gasteiger partial charge in [-0.2, -0.15) is 5.10 Å². The van der Waals surface area contributed by atoms with Crippen molar-refractivity contribution in [1.29, 1.82) is 0 Å². The molecule has 6 heteroatoms. The van der Waals surface area contributed by atoms with Crippen molar-refractivity contribution < 1.29 is 0 Å². The molecule has 3 heterocycles. The topological polar surface area (TPSA) is 58.9 Å². The first-order valence-electron chi connectivity index (χ1n) is 6.83. The van der Waals surface area contributed by atoms with Crippen molar-refractivity contribution >= 4 is 16.9 Å². The number of rotatable bonds is 3. The van der Waals surface area contributed by atoms with Crippen LogP contribution in [0.15, 0.2) is 12.5 Å². The first-order chi connectivity index (χ1) is 9.25. The third-order valence-electron chi connectivity index (χ3n) is 3.78. The molecule has 1 atom stereocenters. The van der Waals surface area contributed by atoms with E-state index >= 15 is 0 Å². The summed E-state index contributed by atoms with van der Waals surface area (Å²) in [5, 5.41) is 8.84. The Bertz CT molecular complexity index is 557. The van der Waals surface area contributed by atoms with E-state index in [-0.39, 0.29) is 0 Å². The van der Waals surface area contributed by atoms with Gasteiger partial charge in [0.2, 0.25) is 0 Å². The standard InChI is InChI=1S/C13H20N6/c1-18(8-10-5-3-4-6-14-10)12-11-7-17-19(2)13(11)16-9-15-12/h7,9-10,14H,3-6,8H2,1-2H3. The molecule has 0 amide bonds. The lowest BCUT2D eigenvalue weighted by atomic mass is 10.0. The third kappa shape index (κ3) is 2.40. The lowest BCUT2D eigenvalue weighted by Gasteiger charge is -2.28. The molecule has 2 aromatic rings. The van der Waals surface area contributed by atoms with Crippen LogP contribution in [-0.2, 0) is 7.05 Å². The van der Waals surface area contributed by atoms with Gasteiger partial charge in [-0.15, -0.1) is 0 Å². The number of fused-ring (bicyclic) bond motifs is 1. The number of hydrogen-bond donors (Lipinski definition) is 1. The van der Waals surface area contributed by atoms with E-state index in [1.54, 1.807) is 11.0 Å². The second-order valence-corrected chi connectivity index (χ2v) is 5.23. The van der Waals surface area contributed by atoms with Crippen LogP contribution in [0.3, 0.4) is 0 Å². The second-order valence-electron chi connectivity index (χ2n) is 5.23. The number of piperidine rings is 1. The van der Waals surface area contributed by atoms with E-state index in [9.17, 15) is 0 Å². The minimum Gasteiger partial charge on any atom is -0.357 e. The number of nitrogens with one attached hydrogen (secondary N) is 1. The van der Waals surface area contributed by atoms with Crippen LogP contribution < -0.4 is 10.2 Å². The molecule has 0 aromatic carbocycles. The van der Waals surface area contributed by atoms with Gasteiger partial charge in [-0.25, -0.2) is 9.97 Å². The first-order valence-corrected chi connectivity index (χ1v) is 6.83. The molecular formula is C13H20N6. The van der Waals surface area contributed by atoms with Crippen LogP contribution in [0, 0.1) is 0 Å². The number of hydrogen-bond acceptors (Lipinski definition) is 5. The van der Waals surface area contributed by atoms with Gasteiger partial charge in [0.15, 0.2) is 5.65 Å². The largest absolute Gasteiger partial charge is 0.357 e. The van der Waals surface area contributed by atoms with E-state index in [4.69, 9.17) is 0 Å². The quantitative estimate of drug-likeness (QED) is 0.890. The molecule has 0 saturated carbocycles. The molecule has 0 radical (unpaired) electrons. The highest BCUT2D eigenvalue weighted by atomic mass is 15.3.